The predicted molar refractivity (Wildman–Crippen MR) is 51.1 cm³/mol. The van der Waals surface area contributed by atoms with Gasteiger partial charge in [0.15, 0.2) is 0 Å². The van der Waals surface area contributed by atoms with Crippen LogP contribution in [0.5, 0.6) is 5.75 Å². The van der Waals surface area contributed by atoms with Gasteiger partial charge in [-0.15, -0.1) is 0 Å². The third kappa shape index (κ3) is 2.71. The minimum atomic E-state index is -2.40. The summed E-state index contributed by atoms with van der Waals surface area (Å²) in [6.45, 7) is 3.52. The van der Waals surface area contributed by atoms with E-state index in [0.29, 0.717) is 11.9 Å². The average Bonchev–Trinajstić information content (AvgIpc) is 2.06. The molecule has 0 saturated heterocycles. The molecule has 1 unspecified atom stereocenters. The molecule has 1 atom stereocenters. The van der Waals surface area contributed by atoms with Gasteiger partial charge in [0.05, 0.1) is 0 Å². The van der Waals surface area contributed by atoms with Crippen molar-refractivity contribution in [2.24, 2.45) is 0 Å². The van der Waals surface area contributed by atoms with Gasteiger partial charge >= 0.3 is 0 Å². The van der Waals surface area contributed by atoms with Gasteiger partial charge in [-0.05, 0) is 12.1 Å². The highest BCUT2D eigenvalue weighted by atomic mass is 31.2. The molecular formula is C9H13O2P. The number of para-hydroxylation sites is 1. The third-order valence-corrected chi connectivity index (χ3v) is 3.36. The normalized spacial score (nSPS) is 15.2. The zero-order chi connectivity index (χ0) is 9.03. The number of benzene rings is 1. The molecule has 12 heavy (non-hydrogen) atoms. The van der Waals surface area contributed by atoms with Crippen molar-refractivity contribution in [3.63, 3.8) is 0 Å². The summed E-state index contributed by atoms with van der Waals surface area (Å²) in [5.41, 5.74) is 0. The van der Waals surface area contributed by atoms with Crippen molar-refractivity contribution in [2.45, 2.75) is 6.92 Å². The summed E-state index contributed by atoms with van der Waals surface area (Å²) in [4.78, 5) is 0. The van der Waals surface area contributed by atoms with Gasteiger partial charge in [-0.2, -0.15) is 0 Å². The maximum atomic E-state index is 11.5. The molecule has 0 amide bonds. The molecule has 0 heterocycles. The van der Waals surface area contributed by atoms with Crippen LogP contribution in [0.15, 0.2) is 30.3 Å². The SMILES string of the molecule is CCP(C)(=O)Oc1ccccc1. The molecule has 0 bridgehead atoms. The Bertz CT molecular complexity index is 282. The minimum Gasteiger partial charge on any atom is -0.443 e. The molecule has 1 aromatic carbocycles. The highest BCUT2D eigenvalue weighted by Gasteiger charge is 2.12. The Morgan fingerprint density at radius 3 is 2.42 bits per heavy atom. The molecule has 0 saturated carbocycles. The molecule has 0 aliphatic carbocycles. The lowest BCUT2D eigenvalue weighted by atomic mass is 10.3. The molecule has 2 nitrogen and oxygen atoms in total. The van der Waals surface area contributed by atoms with Crippen molar-refractivity contribution in [2.75, 3.05) is 12.8 Å². The Balaban J connectivity index is 2.71. The van der Waals surface area contributed by atoms with E-state index in [1.807, 2.05) is 37.3 Å². The van der Waals surface area contributed by atoms with Crippen molar-refractivity contribution in [1.29, 1.82) is 0 Å². The fourth-order valence-electron chi connectivity index (χ4n) is 0.769. The highest BCUT2D eigenvalue weighted by molar-refractivity contribution is 7.58. The molecule has 0 fully saturated rings. The number of hydrogen-bond acceptors (Lipinski definition) is 2. The molecule has 1 rings (SSSR count). The quantitative estimate of drug-likeness (QED) is 0.675. The van der Waals surface area contributed by atoms with Crippen molar-refractivity contribution in [1.82, 2.24) is 0 Å². The summed E-state index contributed by atoms with van der Waals surface area (Å²) in [6.07, 6.45) is 0.571. The maximum absolute atomic E-state index is 11.5. The van der Waals surface area contributed by atoms with Gasteiger partial charge in [0.25, 0.3) is 0 Å². The van der Waals surface area contributed by atoms with Crippen LogP contribution in [-0.2, 0) is 4.57 Å². The van der Waals surface area contributed by atoms with Crippen molar-refractivity contribution < 1.29 is 9.09 Å². The predicted octanol–water partition coefficient (Wildman–Crippen LogP) is 2.99. The lowest BCUT2D eigenvalue weighted by Gasteiger charge is -2.12. The molecule has 0 aliphatic rings. The van der Waals surface area contributed by atoms with E-state index in [-0.39, 0.29) is 0 Å². The average molecular weight is 184 g/mol. The van der Waals surface area contributed by atoms with Gasteiger partial charge in [-0.1, -0.05) is 25.1 Å². The molecule has 0 aliphatic heterocycles. The minimum absolute atomic E-state index is 0.571. The molecular weight excluding hydrogens is 171 g/mol. The molecule has 66 valence electrons. The Kier molecular flexibility index (Phi) is 2.93. The molecule has 0 spiro atoms. The van der Waals surface area contributed by atoms with Gasteiger partial charge in [0.1, 0.15) is 5.75 Å². The first-order valence-electron chi connectivity index (χ1n) is 3.95. The summed E-state index contributed by atoms with van der Waals surface area (Å²) >= 11 is 0. The lowest BCUT2D eigenvalue weighted by Crippen LogP contribution is -1.92. The second-order valence-electron chi connectivity index (χ2n) is 2.73. The highest BCUT2D eigenvalue weighted by Crippen LogP contribution is 2.42. The Labute approximate surface area is 73.0 Å². The van der Waals surface area contributed by atoms with Crippen molar-refractivity contribution in [3.05, 3.63) is 30.3 Å². The first-order valence-corrected chi connectivity index (χ1v) is 6.21. The topological polar surface area (TPSA) is 26.3 Å². The Hall–Kier alpha value is -0.750. The number of rotatable bonds is 3. The van der Waals surface area contributed by atoms with E-state index in [2.05, 4.69) is 0 Å². The van der Waals surface area contributed by atoms with Gasteiger partial charge in [-0.25, -0.2) is 0 Å². The molecule has 3 heteroatoms. The van der Waals surface area contributed by atoms with E-state index >= 15 is 0 Å². The van der Waals surface area contributed by atoms with Gasteiger partial charge in [0.2, 0.25) is 7.37 Å². The summed E-state index contributed by atoms with van der Waals surface area (Å²) in [7, 11) is -2.40. The summed E-state index contributed by atoms with van der Waals surface area (Å²) < 4.78 is 16.8. The third-order valence-electron chi connectivity index (χ3n) is 1.62. The van der Waals surface area contributed by atoms with E-state index in [1.165, 1.54) is 0 Å². The smallest absolute Gasteiger partial charge is 0.244 e. The van der Waals surface area contributed by atoms with Gasteiger partial charge in [0, 0.05) is 12.8 Å². The van der Waals surface area contributed by atoms with E-state index in [1.54, 1.807) is 6.66 Å². The Morgan fingerprint density at radius 1 is 1.33 bits per heavy atom. The van der Waals surface area contributed by atoms with Crippen LogP contribution in [0, 0.1) is 0 Å². The fraction of sp³-hybridized carbons (Fsp3) is 0.333. The standard InChI is InChI=1S/C9H13O2P/c1-3-12(2,10)11-9-7-5-4-6-8-9/h4-8H,3H2,1-2H3. The van der Waals surface area contributed by atoms with Crippen LogP contribution in [0.25, 0.3) is 0 Å². The molecule has 1 aromatic rings. The van der Waals surface area contributed by atoms with Crippen LogP contribution >= 0.6 is 7.37 Å². The van der Waals surface area contributed by atoms with Crippen molar-refractivity contribution in [3.8, 4) is 5.75 Å². The van der Waals surface area contributed by atoms with Crippen LogP contribution in [-0.4, -0.2) is 12.8 Å². The first-order chi connectivity index (χ1) is 5.64. The zero-order valence-electron chi connectivity index (χ0n) is 7.36. The summed E-state index contributed by atoms with van der Waals surface area (Å²) in [5, 5.41) is 0. The van der Waals surface area contributed by atoms with E-state index in [4.69, 9.17) is 4.52 Å². The lowest BCUT2D eigenvalue weighted by molar-refractivity contribution is 0.489. The van der Waals surface area contributed by atoms with E-state index in [9.17, 15) is 4.57 Å². The van der Waals surface area contributed by atoms with Crippen LogP contribution in [0.1, 0.15) is 6.92 Å². The maximum Gasteiger partial charge on any atom is 0.244 e. The van der Waals surface area contributed by atoms with Gasteiger partial charge in [-0.3, -0.25) is 4.57 Å². The molecule has 0 radical (unpaired) electrons. The number of hydrogen-bond donors (Lipinski definition) is 0. The molecule has 0 aromatic heterocycles. The zero-order valence-corrected chi connectivity index (χ0v) is 8.25. The molecule has 0 N–H and O–H groups in total. The largest absolute Gasteiger partial charge is 0.443 e. The summed E-state index contributed by atoms with van der Waals surface area (Å²) in [5.74, 6) is 0.685. The van der Waals surface area contributed by atoms with Crippen LogP contribution in [0.3, 0.4) is 0 Å². The van der Waals surface area contributed by atoms with E-state index in [0.717, 1.165) is 0 Å². The van der Waals surface area contributed by atoms with Crippen LogP contribution < -0.4 is 4.52 Å². The van der Waals surface area contributed by atoms with Crippen LogP contribution in [0.4, 0.5) is 0 Å². The summed E-state index contributed by atoms with van der Waals surface area (Å²) in [6, 6.07) is 9.26. The van der Waals surface area contributed by atoms with E-state index < -0.39 is 7.37 Å². The second kappa shape index (κ2) is 3.77. The van der Waals surface area contributed by atoms with Crippen molar-refractivity contribution >= 4 is 7.37 Å². The second-order valence-corrected chi connectivity index (χ2v) is 5.58. The monoisotopic (exact) mass is 184 g/mol. The van der Waals surface area contributed by atoms with Gasteiger partial charge < -0.3 is 4.52 Å². The first kappa shape index (κ1) is 9.34. The Morgan fingerprint density at radius 2 is 1.92 bits per heavy atom. The fourth-order valence-corrected chi connectivity index (χ4v) is 1.47. The van der Waals surface area contributed by atoms with Crippen LogP contribution in [0.2, 0.25) is 0 Å².